The first kappa shape index (κ1) is 20.5. The lowest BCUT2D eigenvalue weighted by Gasteiger charge is -2.31. The standard InChI is InChI=1S/C18H15ClF2N4O4S/c19-15-2-1-14(30-15)13-7-10(23-29-13)9-25-12(8-11(22-25)17(27)28)16(26)24-5-3-18(20,21)4-6-24/h1-2,7-8H,3-6,9H2,(H,27,28). The van der Waals surface area contributed by atoms with E-state index >= 15 is 0 Å². The summed E-state index contributed by atoms with van der Waals surface area (Å²) in [6.45, 7) is -0.264. The molecule has 0 aliphatic carbocycles. The Labute approximate surface area is 177 Å². The number of aromatic nitrogens is 3. The van der Waals surface area contributed by atoms with Gasteiger partial charge in [0.2, 0.25) is 0 Å². The Bertz CT molecular complexity index is 1100. The highest BCUT2D eigenvalue weighted by Crippen LogP contribution is 2.32. The van der Waals surface area contributed by atoms with E-state index in [2.05, 4.69) is 10.3 Å². The van der Waals surface area contributed by atoms with Crippen LogP contribution in [0, 0.1) is 0 Å². The SMILES string of the molecule is O=C(O)c1cc(C(=O)N2CCC(F)(F)CC2)n(Cc2cc(-c3ccc(Cl)s3)on2)n1. The molecule has 0 saturated carbocycles. The number of aromatic carboxylic acids is 1. The maximum Gasteiger partial charge on any atom is 0.356 e. The Morgan fingerprint density at radius 2 is 2.00 bits per heavy atom. The van der Waals surface area contributed by atoms with Gasteiger partial charge in [0.25, 0.3) is 11.8 Å². The fraction of sp³-hybridized carbons (Fsp3) is 0.333. The van der Waals surface area contributed by atoms with Crippen LogP contribution in [0.5, 0.6) is 0 Å². The molecule has 8 nitrogen and oxygen atoms in total. The van der Waals surface area contributed by atoms with Crippen LogP contribution in [0.25, 0.3) is 10.6 Å². The number of carboxylic acid groups (broad SMARTS) is 1. The highest BCUT2D eigenvalue weighted by molar-refractivity contribution is 7.19. The molecule has 12 heteroatoms. The van der Waals surface area contributed by atoms with Gasteiger partial charge in [-0.2, -0.15) is 5.10 Å². The minimum Gasteiger partial charge on any atom is -0.476 e. The van der Waals surface area contributed by atoms with Gasteiger partial charge in [-0.05, 0) is 12.1 Å². The summed E-state index contributed by atoms with van der Waals surface area (Å²) in [5, 5.41) is 17.2. The predicted octanol–water partition coefficient (Wildman–Crippen LogP) is 3.87. The maximum atomic E-state index is 13.4. The van der Waals surface area contributed by atoms with E-state index in [0.29, 0.717) is 15.8 Å². The Balaban J connectivity index is 1.58. The number of rotatable bonds is 5. The molecule has 0 unspecified atom stereocenters. The van der Waals surface area contributed by atoms with E-state index in [1.807, 2.05) is 0 Å². The maximum absolute atomic E-state index is 13.4. The number of likely N-dealkylation sites (tertiary alicyclic amines) is 1. The molecule has 0 atom stereocenters. The van der Waals surface area contributed by atoms with Crippen molar-refractivity contribution in [2.75, 3.05) is 13.1 Å². The number of carbonyl (C=O) groups is 2. The molecule has 0 aromatic carbocycles. The number of hydrogen-bond acceptors (Lipinski definition) is 6. The van der Waals surface area contributed by atoms with Crippen molar-refractivity contribution in [1.82, 2.24) is 19.8 Å². The van der Waals surface area contributed by atoms with Crippen molar-refractivity contribution < 1.29 is 28.0 Å². The summed E-state index contributed by atoms with van der Waals surface area (Å²) in [4.78, 5) is 26.2. The minimum atomic E-state index is -2.80. The smallest absolute Gasteiger partial charge is 0.356 e. The molecule has 0 radical (unpaired) electrons. The highest BCUT2D eigenvalue weighted by Gasteiger charge is 2.36. The van der Waals surface area contributed by atoms with Gasteiger partial charge in [-0.1, -0.05) is 16.8 Å². The topological polar surface area (TPSA) is 101 Å². The first-order valence-electron chi connectivity index (χ1n) is 8.91. The molecule has 1 amide bonds. The third-order valence-corrected chi connectivity index (χ3v) is 5.93. The number of nitrogens with zero attached hydrogens (tertiary/aromatic N) is 4. The zero-order valence-corrected chi connectivity index (χ0v) is 16.9. The summed E-state index contributed by atoms with van der Waals surface area (Å²) in [5.41, 5.74) is 0.0737. The molecule has 4 rings (SSSR count). The van der Waals surface area contributed by atoms with Gasteiger partial charge in [0.1, 0.15) is 11.4 Å². The lowest BCUT2D eigenvalue weighted by atomic mass is 10.1. The second-order valence-corrected chi connectivity index (χ2v) is 8.53. The Morgan fingerprint density at radius 3 is 2.63 bits per heavy atom. The summed E-state index contributed by atoms with van der Waals surface area (Å²) < 4.78 is 33.9. The second kappa shape index (κ2) is 7.80. The van der Waals surface area contributed by atoms with Crippen LogP contribution in [0.15, 0.2) is 28.8 Å². The van der Waals surface area contributed by atoms with E-state index in [4.69, 9.17) is 16.1 Å². The molecule has 4 heterocycles. The van der Waals surface area contributed by atoms with Gasteiger partial charge in [0.05, 0.1) is 15.8 Å². The number of amides is 1. The third kappa shape index (κ3) is 4.21. The lowest BCUT2D eigenvalue weighted by molar-refractivity contribution is -0.0495. The van der Waals surface area contributed by atoms with Gasteiger partial charge >= 0.3 is 5.97 Å². The van der Waals surface area contributed by atoms with Gasteiger partial charge < -0.3 is 14.5 Å². The van der Waals surface area contributed by atoms with E-state index in [0.717, 1.165) is 10.9 Å². The lowest BCUT2D eigenvalue weighted by Crippen LogP contribution is -2.43. The summed E-state index contributed by atoms with van der Waals surface area (Å²) in [6, 6.07) is 6.27. The van der Waals surface area contributed by atoms with Crippen molar-refractivity contribution in [1.29, 1.82) is 0 Å². The molecule has 1 fully saturated rings. The molecule has 1 N–H and O–H groups in total. The number of alkyl halides is 2. The van der Waals surface area contributed by atoms with Crippen LogP contribution < -0.4 is 0 Å². The summed E-state index contributed by atoms with van der Waals surface area (Å²) in [5.74, 6) is -4.19. The van der Waals surface area contributed by atoms with Gasteiger partial charge in [-0.25, -0.2) is 13.6 Å². The number of thiophene rings is 1. The van der Waals surface area contributed by atoms with Gasteiger partial charge in [0.15, 0.2) is 11.5 Å². The summed E-state index contributed by atoms with van der Waals surface area (Å²) in [6.07, 6.45) is -0.872. The quantitative estimate of drug-likeness (QED) is 0.625. The predicted molar refractivity (Wildman–Crippen MR) is 103 cm³/mol. The molecule has 1 saturated heterocycles. The van der Waals surface area contributed by atoms with Gasteiger partial charge in [-0.15, -0.1) is 11.3 Å². The normalized spacial score (nSPS) is 16.0. The van der Waals surface area contributed by atoms with Crippen molar-refractivity contribution in [3.05, 3.63) is 45.7 Å². The van der Waals surface area contributed by atoms with E-state index in [1.165, 1.54) is 20.9 Å². The molecule has 3 aromatic rings. The number of carboxylic acids is 1. The van der Waals surface area contributed by atoms with Crippen molar-refractivity contribution in [3.63, 3.8) is 0 Å². The molecule has 158 valence electrons. The highest BCUT2D eigenvalue weighted by atomic mass is 35.5. The van der Waals surface area contributed by atoms with Crippen molar-refractivity contribution >= 4 is 34.8 Å². The largest absolute Gasteiger partial charge is 0.476 e. The van der Waals surface area contributed by atoms with Crippen LogP contribution in [0.4, 0.5) is 8.78 Å². The van der Waals surface area contributed by atoms with Gasteiger partial charge in [-0.3, -0.25) is 9.48 Å². The fourth-order valence-corrected chi connectivity index (χ4v) is 4.11. The molecule has 0 spiro atoms. The molecule has 1 aliphatic heterocycles. The van der Waals surface area contributed by atoms with Crippen molar-refractivity contribution in [2.24, 2.45) is 0 Å². The van der Waals surface area contributed by atoms with Crippen LogP contribution in [0.2, 0.25) is 4.34 Å². The van der Waals surface area contributed by atoms with E-state index in [-0.39, 0.29) is 31.0 Å². The monoisotopic (exact) mass is 456 g/mol. The van der Waals surface area contributed by atoms with Crippen LogP contribution >= 0.6 is 22.9 Å². The van der Waals surface area contributed by atoms with Crippen LogP contribution in [-0.2, 0) is 6.54 Å². The number of carbonyl (C=O) groups excluding carboxylic acids is 1. The van der Waals surface area contributed by atoms with E-state index in [9.17, 15) is 23.5 Å². The average molecular weight is 457 g/mol. The number of piperidine rings is 1. The molecular formula is C18H15ClF2N4O4S. The second-order valence-electron chi connectivity index (χ2n) is 6.81. The van der Waals surface area contributed by atoms with Crippen LogP contribution in [0.1, 0.15) is 39.5 Å². The van der Waals surface area contributed by atoms with Crippen molar-refractivity contribution in [2.45, 2.75) is 25.3 Å². The number of halogens is 3. The molecular weight excluding hydrogens is 442 g/mol. The summed E-state index contributed by atoms with van der Waals surface area (Å²) >= 11 is 7.23. The molecule has 30 heavy (non-hydrogen) atoms. The van der Waals surface area contributed by atoms with Gasteiger partial charge in [0, 0.05) is 38.1 Å². The van der Waals surface area contributed by atoms with E-state index < -0.39 is 30.6 Å². The molecule has 1 aliphatic rings. The zero-order chi connectivity index (χ0) is 21.5. The van der Waals surface area contributed by atoms with Crippen LogP contribution in [-0.4, -0.2) is 55.8 Å². The first-order valence-corrected chi connectivity index (χ1v) is 10.1. The molecule has 3 aromatic heterocycles. The Kier molecular flexibility index (Phi) is 5.33. The zero-order valence-electron chi connectivity index (χ0n) is 15.3. The first-order chi connectivity index (χ1) is 14.2. The van der Waals surface area contributed by atoms with Crippen LogP contribution in [0.3, 0.4) is 0 Å². The molecule has 0 bridgehead atoms. The Morgan fingerprint density at radius 1 is 1.27 bits per heavy atom. The van der Waals surface area contributed by atoms with Crippen molar-refractivity contribution in [3.8, 4) is 10.6 Å². The van der Waals surface area contributed by atoms with E-state index in [1.54, 1.807) is 18.2 Å². The average Bonchev–Trinajstić information content (AvgIpc) is 3.41. The Hall–Kier alpha value is -2.79. The minimum absolute atomic E-state index is 0.0127. The summed E-state index contributed by atoms with van der Waals surface area (Å²) in [7, 11) is 0. The third-order valence-electron chi connectivity index (χ3n) is 4.69. The number of hydrogen-bond donors (Lipinski definition) is 1. The fourth-order valence-electron chi connectivity index (χ4n) is 3.12.